The van der Waals surface area contributed by atoms with E-state index in [4.69, 9.17) is 4.74 Å². The van der Waals surface area contributed by atoms with Crippen LogP contribution in [0.2, 0.25) is 0 Å². The predicted molar refractivity (Wildman–Crippen MR) is 80.2 cm³/mol. The van der Waals surface area contributed by atoms with Gasteiger partial charge in [0.1, 0.15) is 11.4 Å². The van der Waals surface area contributed by atoms with E-state index in [-0.39, 0.29) is 56.4 Å². The number of hydrogen-bond acceptors (Lipinski definition) is 5. The smallest absolute Gasteiger partial charge is 0.407 e. The molecule has 0 aromatic rings. The third-order valence-electron chi connectivity index (χ3n) is 3.15. The molecule has 1 aliphatic carbocycles. The van der Waals surface area contributed by atoms with Crippen molar-refractivity contribution >= 4 is 17.8 Å². The van der Waals surface area contributed by atoms with E-state index in [0.29, 0.717) is 12.3 Å². The fourth-order valence-electron chi connectivity index (χ4n) is 1.94. The second kappa shape index (κ2) is 9.95. The molecule has 2 amide bonds. The number of aliphatic hydroxyl groups excluding tert-OH is 1. The Labute approximate surface area is 172 Å². The first kappa shape index (κ1) is 22.8. The molecule has 1 radical (unpaired) electrons. The number of ketones is 1. The summed E-state index contributed by atoms with van der Waals surface area (Å²) in [6.45, 7) is 6.40. The number of amides is 2. The van der Waals surface area contributed by atoms with E-state index >= 15 is 0 Å². The van der Waals surface area contributed by atoms with E-state index < -0.39 is 29.7 Å². The Bertz CT molecular complexity index is 432. The van der Waals surface area contributed by atoms with E-state index in [1.54, 1.807) is 20.8 Å². The second-order valence-electron chi connectivity index (χ2n) is 6.80. The number of hydrogen-bond donors (Lipinski definition) is 3. The molecule has 0 bridgehead atoms. The zero-order chi connectivity index (χ0) is 16.9. The number of rotatable bonds is 7. The normalized spacial score (nSPS) is 16.6. The minimum atomic E-state index is -1.41. The quantitative estimate of drug-likeness (QED) is 0.442. The largest absolute Gasteiger partial charge is 0.444 e. The molecule has 1 fully saturated rings. The molecule has 0 saturated heterocycles. The summed E-state index contributed by atoms with van der Waals surface area (Å²) in [5.41, 5.74) is -0.657. The van der Waals surface area contributed by atoms with Crippen molar-refractivity contribution in [3.8, 4) is 0 Å². The van der Waals surface area contributed by atoms with Crippen LogP contribution in [-0.2, 0) is 14.3 Å². The molecular formula is C15H26AcN2O5. The van der Waals surface area contributed by atoms with Gasteiger partial charge in [-0.3, -0.25) is 9.59 Å². The Hall–Kier alpha value is -0.188. The van der Waals surface area contributed by atoms with Crippen LogP contribution in [0.4, 0.5) is 4.79 Å². The Morgan fingerprint density at radius 1 is 1.26 bits per heavy atom. The van der Waals surface area contributed by atoms with Crippen molar-refractivity contribution in [3.05, 3.63) is 0 Å². The molecule has 1 rings (SSSR count). The average Bonchev–Trinajstić information content (AvgIpc) is 3.15. The Morgan fingerprint density at radius 3 is 2.26 bits per heavy atom. The maximum atomic E-state index is 11.9. The molecule has 1 aliphatic rings. The molecular weight excluding hydrogens is 515 g/mol. The molecule has 0 spiro atoms. The summed E-state index contributed by atoms with van der Waals surface area (Å²) >= 11 is 0. The van der Waals surface area contributed by atoms with Gasteiger partial charge in [-0.2, -0.15) is 0 Å². The molecule has 8 heteroatoms. The van der Waals surface area contributed by atoms with Crippen molar-refractivity contribution < 1.29 is 68.3 Å². The van der Waals surface area contributed by atoms with E-state index in [9.17, 15) is 19.5 Å². The first-order valence-corrected chi connectivity index (χ1v) is 7.53. The predicted octanol–water partition coefficient (Wildman–Crippen LogP) is 0.746. The first-order chi connectivity index (χ1) is 10.1. The van der Waals surface area contributed by atoms with Crippen LogP contribution in [-0.4, -0.2) is 47.2 Å². The SMILES string of the molecule is CC(=O)CNC(=O)C(O)C(CC1CC1)NC(=O)OC(C)(C)C.[Ac]. The Kier molecular flexibility index (Phi) is 9.87. The van der Waals surface area contributed by atoms with Crippen molar-refractivity contribution in [1.82, 2.24) is 10.6 Å². The van der Waals surface area contributed by atoms with Gasteiger partial charge in [0.15, 0.2) is 6.10 Å². The fourth-order valence-corrected chi connectivity index (χ4v) is 1.94. The molecule has 0 aliphatic heterocycles. The number of alkyl carbamates (subject to hydrolysis) is 1. The number of aliphatic hydroxyl groups is 1. The maximum absolute atomic E-state index is 11.9. The van der Waals surface area contributed by atoms with Crippen molar-refractivity contribution in [2.24, 2.45) is 5.92 Å². The summed E-state index contributed by atoms with van der Waals surface area (Å²) in [7, 11) is 0. The molecule has 1 saturated carbocycles. The van der Waals surface area contributed by atoms with Gasteiger partial charge in [-0.15, -0.1) is 0 Å². The molecule has 3 N–H and O–H groups in total. The standard InChI is InChI=1S/C15H26N2O5.Ac/c1-9(18)8-16-13(20)12(19)11(7-10-5-6-10)17-14(21)22-15(2,3)4;/h10-12,19H,5-8H2,1-4H3,(H,16,20)(H,17,21);. The maximum Gasteiger partial charge on any atom is 0.407 e. The third kappa shape index (κ3) is 10.3. The summed E-state index contributed by atoms with van der Waals surface area (Å²) in [6, 6.07) is -0.727. The van der Waals surface area contributed by atoms with Gasteiger partial charge < -0.3 is 20.5 Å². The molecule has 129 valence electrons. The molecule has 2 unspecified atom stereocenters. The van der Waals surface area contributed by atoms with Gasteiger partial charge in [0.05, 0.1) is 12.6 Å². The van der Waals surface area contributed by atoms with Crippen LogP contribution in [0.25, 0.3) is 0 Å². The van der Waals surface area contributed by atoms with Crippen LogP contribution < -0.4 is 10.6 Å². The van der Waals surface area contributed by atoms with Crippen molar-refractivity contribution in [1.29, 1.82) is 0 Å². The Balaban J connectivity index is 0.00000484. The average molecular weight is 541 g/mol. The van der Waals surface area contributed by atoms with Crippen molar-refractivity contribution in [2.45, 2.75) is 64.7 Å². The van der Waals surface area contributed by atoms with Crippen molar-refractivity contribution in [2.75, 3.05) is 6.54 Å². The molecule has 0 aromatic heterocycles. The van der Waals surface area contributed by atoms with Crippen LogP contribution in [0.1, 0.15) is 47.0 Å². The van der Waals surface area contributed by atoms with Gasteiger partial charge in [0.25, 0.3) is 5.91 Å². The zero-order valence-electron chi connectivity index (χ0n) is 14.2. The zero-order valence-corrected chi connectivity index (χ0v) is 19.0. The summed E-state index contributed by atoms with van der Waals surface area (Å²) in [4.78, 5) is 34.6. The summed E-state index contributed by atoms with van der Waals surface area (Å²) in [6.07, 6.45) is 0.472. The second-order valence-corrected chi connectivity index (χ2v) is 6.80. The molecule has 0 aromatic carbocycles. The summed E-state index contributed by atoms with van der Waals surface area (Å²) in [5.74, 6) is -0.480. The van der Waals surface area contributed by atoms with Crippen LogP contribution in [0.3, 0.4) is 0 Å². The van der Waals surface area contributed by atoms with Gasteiger partial charge in [-0.25, -0.2) is 4.79 Å². The molecule has 2 atom stereocenters. The van der Waals surface area contributed by atoms with Gasteiger partial charge in [0.2, 0.25) is 0 Å². The summed E-state index contributed by atoms with van der Waals surface area (Å²) < 4.78 is 5.15. The van der Waals surface area contributed by atoms with E-state index in [1.807, 2.05) is 0 Å². The summed E-state index contributed by atoms with van der Waals surface area (Å²) in [5, 5.41) is 15.0. The van der Waals surface area contributed by atoms with E-state index in [2.05, 4.69) is 10.6 Å². The topological polar surface area (TPSA) is 105 Å². The first-order valence-electron chi connectivity index (χ1n) is 7.53. The van der Waals surface area contributed by atoms with Crippen LogP contribution in [0.5, 0.6) is 0 Å². The van der Waals surface area contributed by atoms with Gasteiger partial charge in [-0.05, 0) is 40.0 Å². The van der Waals surface area contributed by atoms with Gasteiger partial charge >= 0.3 is 6.09 Å². The van der Waals surface area contributed by atoms with Gasteiger partial charge in [0, 0.05) is 44.1 Å². The van der Waals surface area contributed by atoms with Crippen molar-refractivity contribution in [3.63, 3.8) is 0 Å². The minimum Gasteiger partial charge on any atom is -0.444 e. The minimum absolute atomic E-state index is 0. The fraction of sp³-hybridized carbons (Fsp3) is 0.800. The monoisotopic (exact) mass is 541 g/mol. The van der Waals surface area contributed by atoms with Crippen LogP contribution in [0.15, 0.2) is 0 Å². The third-order valence-corrected chi connectivity index (χ3v) is 3.15. The number of nitrogens with one attached hydrogen (secondary N) is 2. The van der Waals surface area contributed by atoms with Gasteiger partial charge in [-0.1, -0.05) is 12.8 Å². The number of carbonyl (C=O) groups excluding carboxylic acids is 3. The number of carbonyl (C=O) groups is 3. The number of ether oxygens (including phenoxy) is 1. The molecule has 0 heterocycles. The van der Waals surface area contributed by atoms with Crippen LogP contribution in [0, 0.1) is 50.0 Å². The molecule has 7 nitrogen and oxygen atoms in total. The Morgan fingerprint density at radius 2 is 1.83 bits per heavy atom. The van der Waals surface area contributed by atoms with E-state index in [1.165, 1.54) is 6.92 Å². The number of Topliss-reactive ketones (excluding diaryl/α,β-unsaturated/α-hetero) is 1. The van der Waals surface area contributed by atoms with E-state index in [0.717, 1.165) is 12.8 Å². The molecule has 23 heavy (non-hydrogen) atoms. The van der Waals surface area contributed by atoms with Crippen LogP contribution >= 0.6 is 0 Å².